The van der Waals surface area contributed by atoms with E-state index in [0.717, 1.165) is 12.2 Å². The van der Waals surface area contributed by atoms with Crippen LogP contribution in [0, 0.1) is 0 Å². The van der Waals surface area contributed by atoms with Gasteiger partial charge in [-0.1, -0.05) is 13.2 Å². The number of ether oxygens (including phenoxy) is 4. The van der Waals surface area contributed by atoms with E-state index in [0.29, 0.717) is 26.1 Å². The number of aliphatic hydroxyl groups is 3. The Morgan fingerprint density at radius 1 is 0.967 bits per heavy atom. The second-order valence-electron chi connectivity index (χ2n) is 5.92. The van der Waals surface area contributed by atoms with Crippen LogP contribution in [0.25, 0.3) is 0 Å². The van der Waals surface area contributed by atoms with E-state index in [1.165, 1.54) is 7.11 Å². The highest BCUT2D eigenvalue weighted by atomic mass is 16.5. The lowest BCUT2D eigenvalue weighted by Gasteiger charge is -2.18. The molecule has 0 radical (unpaired) electrons. The summed E-state index contributed by atoms with van der Waals surface area (Å²) in [6.07, 6.45) is 2.44. The number of aliphatic carboxylic acids is 1. The second-order valence-corrected chi connectivity index (χ2v) is 5.92. The van der Waals surface area contributed by atoms with Gasteiger partial charge in [-0.2, -0.15) is 0 Å². The number of unbranched alkanes of at least 4 members (excludes halogenated alkanes) is 1. The summed E-state index contributed by atoms with van der Waals surface area (Å²) in [4.78, 5) is 19.6. The van der Waals surface area contributed by atoms with Gasteiger partial charge >= 0.3 is 11.9 Å². The standard InChI is InChI=1S/C10H22O5.C7H12O3.C3H4O2/c1-8(4-11)14-5-9(2)15-7-10(12)6-13-3;1-2-7(9)10-6-4-3-5-8;1-2-3(4)5/h8-12H,4-7H2,1-3H3;2,8H,1,3-6H2;2H,1H2,(H,4,5). The summed E-state index contributed by atoms with van der Waals surface area (Å²) in [5.41, 5.74) is 0. The third kappa shape index (κ3) is 30.9. The highest BCUT2D eigenvalue weighted by molar-refractivity contribution is 5.81. The first-order valence-corrected chi connectivity index (χ1v) is 9.44. The Hall–Kier alpha value is -1.82. The van der Waals surface area contributed by atoms with Crippen LogP contribution in [0.15, 0.2) is 25.3 Å². The lowest BCUT2D eigenvalue weighted by molar-refractivity contribution is -0.138. The molecule has 0 aliphatic rings. The largest absolute Gasteiger partial charge is 0.478 e. The molecule has 3 unspecified atom stereocenters. The summed E-state index contributed by atoms with van der Waals surface area (Å²) in [5.74, 6) is -1.39. The lowest BCUT2D eigenvalue weighted by Crippen LogP contribution is -2.27. The van der Waals surface area contributed by atoms with Crippen molar-refractivity contribution in [2.24, 2.45) is 0 Å². The monoisotopic (exact) mass is 438 g/mol. The Morgan fingerprint density at radius 3 is 1.97 bits per heavy atom. The molecule has 0 aliphatic carbocycles. The zero-order valence-corrected chi connectivity index (χ0v) is 18.2. The van der Waals surface area contributed by atoms with Crippen LogP contribution in [0.5, 0.6) is 0 Å². The van der Waals surface area contributed by atoms with E-state index < -0.39 is 18.0 Å². The average Bonchev–Trinajstić information content (AvgIpc) is 2.74. The van der Waals surface area contributed by atoms with E-state index >= 15 is 0 Å². The van der Waals surface area contributed by atoms with E-state index in [1.54, 1.807) is 6.92 Å². The molecule has 3 atom stereocenters. The Kier molecular flexibility index (Phi) is 27.6. The maximum Gasteiger partial charge on any atom is 0.330 e. The van der Waals surface area contributed by atoms with Crippen molar-refractivity contribution in [3.63, 3.8) is 0 Å². The fraction of sp³-hybridized carbons (Fsp3) is 0.700. The van der Waals surface area contributed by atoms with Gasteiger partial charge in [-0.25, -0.2) is 9.59 Å². The number of carboxylic acid groups (broad SMARTS) is 1. The molecule has 178 valence electrons. The maximum absolute atomic E-state index is 10.4. The second kappa shape index (κ2) is 25.2. The zero-order chi connectivity index (χ0) is 23.8. The molecule has 0 aromatic carbocycles. The number of methoxy groups -OCH3 is 1. The highest BCUT2D eigenvalue weighted by Gasteiger charge is 2.09. The Morgan fingerprint density at radius 2 is 1.53 bits per heavy atom. The minimum Gasteiger partial charge on any atom is -0.478 e. The van der Waals surface area contributed by atoms with Gasteiger partial charge in [0.2, 0.25) is 0 Å². The summed E-state index contributed by atoms with van der Waals surface area (Å²) >= 11 is 0. The van der Waals surface area contributed by atoms with Gasteiger partial charge in [0, 0.05) is 25.9 Å². The Bertz CT molecular complexity index is 428. The molecular formula is C20H38O10. The summed E-state index contributed by atoms with van der Waals surface area (Å²) in [6, 6.07) is 0. The van der Waals surface area contributed by atoms with Gasteiger partial charge < -0.3 is 39.4 Å². The fourth-order valence-electron chi connectivity index (χ4n) is 1.36. The van der Waals surface area contributed by atoms with Crippen LogP contribution >= 0.6 is 0 Å². The van der Waals surface area contributed by atoms with E-state index in [9.17, 15) is 14.7 Å². The number of carbonyl (C=O) groups is 2. The van der Waals surface area contributed by atoms with Gasteiger partial charge in [0.25, 0.3) is 0 Å². The van der Waals surface area contributed by atoms with Crippen molar-refractivity contribution in [1.29, 1.82) is 0 Å². The van der Waals surface area contributed by atoms with E-state index in [2.05, 4.69) is 17.9 Å². The third-order valence-corrected chi connectivity index (χ3v) is 2.94. The number of hydrogen-bond donors (Lipinski definition) is 4. The minimum absolute atomic E-state index is 0.000973. The van der Waals surface area contributed by atoms with Crippen molar-refractivity contribution in [1.82, 2.24) is 0 Å². The number of esters is 1. The van der Waals surface area contributed by atoms with Crippen molar-refractivity contribution in [2.45, 2.75) is 45.0 Å². The van der Waals surface area contributed by atoms with E-state index in [-0.39, 0.29) is 38.6 Å². The molecule has 0 amide bonds. The molecule has 0 rings (SSSR count). The smallest absolute Gasteiger partial charge is 0.330 e. The van der Waals surface area contributed by atoms with E-state index in [4.69, 9.17) is 29.5 Å². The van der Waals surface area contributed by atoms with Crippen molar-refractivity contribution in [2.75, 3.05) is 46.8 Å². The normalized spacial score (nSPS) is 12.7. The molecule has 0 heterocycles. The topological polar surface area (TPSA) is 152 Å². The lowest BCUT2D eigenvalue weighted by atomic mass is 10.3. The number of aliphatic hydroxyl groups excluding tert-OH is 3. The molecular weight excluding hydrogens is 400 g/mol. The molecule has 0 fully saturated rings. The van der Waals surface area contributed by atoms with Crippen LogP contribution in [0.1, 0.15) is 26.7 Å². The molecule has 0 bridgehead atoms. The molecule has 0 saturated carbocycles. The summed E-state index contributed by atoms with van der Waals surface area (Å²) in [7, 11) is 1.53. The number of carboxylic acids is 1. The van der Waals surface area contributed by atoms with Gasteiger partial charge in [0.05, 0.1) is 45.2 Å². The van der Waals surface area contributed by atoms with Crippen LogP contribution in [0.3, 0.4) is 0 Å². The maximum atomic E-state index is 10.4. The quantitative estimate of drug-likeness (QED) is 0.162. The predicted molar refractivity (Wildman–Crippen MR) is 111 cm³/mol. The summed E-state index contributed by atoms with van der Waals surface area (Å²) in [5, 5.41) is 33.9. The molecule has 0 saturated heterocycles. The summed E-state index contributed by atoms with van der Waals surface area (Å²) < 4.78 is 20.0. The fourth-order valence-corrected chi connectivity index (χ4v) is 1.36. The third-order valence-electron chi connectivity index (χ3n) is 2.94. The van der Waals surface area contributed by atoms with Crippen molar-refractivity contribution < 1.29 is 49.0 Å². The number of rotatable bonds is 15. The number of hydrogen-bond acceptors (Lipinski definition) is 9. The molecule has 0 aromatic heterocycles. The molecule has 4 N–H and O–H groups in total. The number of carbonyl (C=O) groups excluding carboxylic acids is 1. The molecule has 30 heavy (non-hydrogen) atoms. The Balaban J connectivity index is -0.000000417. The highest BCUT2D eigenvalue weighted by Crippen LogP contribution is 1.98. The van der Waals surface area contributed by atoms with E-state index in [1.807, 2.05) is 6.92 Å². The van der Waals surface area contributed by atoms with Gasteiger partial charge in [-0.15, -0.1) is 0 Å². The minimum atomic E-state index is -0.981. The van der Waals surface area contributed by atoms with Crippen LogP contribution in [0.2, 0.25) is 0 Å². The average molecular weight is 439 g/mol. The molecule has 0 aliphatic heterocycles. The van der Waals surface area contributed by atoms with Crippen LogP contribution < -0.4 is 0 Å². The van der Waals surface area contributed by atoms with Gasteiger partial charge in [0.15, 0.2) is 0 Å². The van der Waals surface area contributed by atoms with Crippen LogP contribution in [-0.2, 0) is 28.5 Å². The predicted octanol–water partition coefficient (Wildman–Crippen LogP) is 0.541. The van der Waals surface area contributed by atoms with Crippen molar-refractivity contribution in [3.8, 4) is 0 Å². The van der Waals surface area contributed by atoms with Crippen molar-refractivity contribution in [3.05, 3.63) is 25.3 Å². The molecule has 10 heteroatoms. The van der Waals surface area contributed by atoms with Crippen LogP contribution in [-0.4, -0.2) is 97.4 Å². The molecule has 0 spiro atoms. The first-order valence-electron chi connectivity index (χ1n) is 9.44. The first kappa shape index (κ1) is 32.8. The molecule has 10 nitrogen and oxygen atoms in total. The van der Waals surface area contributed by atoms with Crippen LogP contribution in [0.4, 0.5) is 0 Å². The first-order chi connectivity index (χ1) is 14.2. The van der Waals surface area contributed by atoms with Crippen molar-refractivity contribution >= 4 is 11.9 Å². The Labute approximate surface area is 178 Å². The van der Waals surface area contributed by atoms with Gasteiger partial charge in [-0.05, 0) is 26.7 Å². The van der Waals surface area contributed by atoms with Gasteiger partial charge in [-0.3, -0.25) is 0 Å². The van der Waals surface area contributed by atoms with Gasteiger partial charge in [0.1, 0.15) is 6.10 Å². The zero-order valence-electron chi connectivity index (χ0n) is 18.2. The molecule has 0 aromatic rings. The SMILES string of the molecule is C=CC(=O)O.C=CC(=O)OCCCCO.COCC(O)COC(C)COC(C)CO. The summed E-state index contributed by atoms with van der Waals surface area (Å²) in [6.45, 7) is 11.2.